The van der Waals surface area contributed by atoms with Crippen molar-refractivity contribution in [2.45, 2.75) is 368 Å². The quantitative estimate of drug-likeness (QED) is 0.0208. The fraction of sp³-hybridized carbons (Fsp3) is 0.873. The van der Waals surface area contributed by atoms with E-state index in [9.17, 15) is 75.7 Å². The summed E-state index contributed by atoms with van der Waals surface area (Å²) >= 11 is 0. The maximum atomic E-state index is 13.4. The second-order valence-electron chi connectivity index (χ2n) is 26.4. The lowest BCUT2D eigenvalue weighted by molar-refractivity contribution is -0.386. The highest BCUT2D eigenvalue weighted by molar-refractivity contribution is 5.77. The van der Waals surface area contributed by atoms with Gasteiger partial charge in [0.15, 0.2) is 12.6 Å². The van der Waals surface area contributed by atoms with Crippen molar-refractivity contribution >= 4 is 17.8 Å². The molecule has 3 rings (SSSR count). The summed E-state index contributed by atoms with van der Waals surface area (Å²) < 4.78 is 34.7. The first-order chi connectivity index (χ1) is 45.4. The number of hydrogen-bond acceptors (Lipinski definition) is 20. The minimum Gasteiger partial charge on any atom is -0.477 e. The zero-order valence-corrected chi connectivity index (χ0v) is 57.3. The lowest BCUT2D eigenvalue weighted by Crippen LogP contribution is -2.70. The summed E-state index contributed by atoms with van der Waals surface area (Å²) in [6.07, 6.45) is 25.3. The first-order valence-corrected chi connectivity index (χ1v) is 36.4. The fourth-order valence-electron chi connectivity index (χ4n) is 12.5. The van der Waals surface area contributed by atoms with Crippen LogP contribution in [0.1, 0.15) is 258 Å². The van der Waals surface area contributed by atoms with E-state index in [1.807, 2.05) is 6.08 Å². The number of unbranched alkanes of at least 4 members (excludes halogenated alkanes) is 31. The Balaban J connectivity index is 1.46. The average molecular weight is 1350 g/mol. The second kappa shape index (κ2) is 51.2. The van der Waals surface area contributed by atoms with Crippen molar-refractivity contribution in [2.75, 3.05) is 26.4 Å². The van der Waals surface area contributed by atoms with Crippen molar-refractivity contribution in [2.24, 2.45) is 0 Å². The van der Waals surface area contributed by atoms with E-state index in [-0.39, 0.29) is 12.3 Å². The summed E-state index contributed by atoms with van der Waals surface area (Å²) in [5.41, 5.74) is 0. The third-order valence-corrected chi connectivity index (χ3v) is 18.3. The smallest absolute Gasteiger partial charge is 0.364 e. The fourth-order valence-corrected chi connectivity index (χ4v) is 12.5. The van der Waals surface area contributed by atoms with E-state index in [4.69, 9.17) is 28.4 Å². The van der Waals surface area contributed by atoms with Crippen LogP contribution in [0.25, 0.3) is 0 Å². The van der Waals surface area contributed by atoms with Gasteiger partial charge in [0.1, 0.15) is 67.1 Å². The van der Waals surface area contributed by atoms with E-state index in [0.717, 1.165) is 71.1 Å². The molecule has 23 heteroatoms. The molecule has 3 saturated heterocycles. The molecule has 94 heavy (non-hydrogen) atoms. The standard InChI is InChI=1S/C71H128N2O21/c1-4-6-8-10-12-14-15-16-17-18-19-20-21-22-23-24-25-26-27-28-29-30-31-32-33-34-35-37-39-41-43-45-58(81)73-52(53(78)44-42-40-38-36-13-11-9-7-5-2)50-89-68-63(85)62(84)65(57(49-76)91-68)92-69-64(86)67(61(83)56(48-75)90-69)94-71(70(87)88)46-54(79)59(72-51(3)77)66(93-71)60(82)55(80)47-74/h19-20,22-23,42,44,52-57,59-69,74-76,78-80,82-86H,4-18,21,24-41,43,45-50H2,1-3H3,(H,72,77)(H,73,81)(H,87,88)/b20-19-,23-22-,44-42+. The Morgan fingerprint density at radius 3 is 1.50 bits per heavy atom. The van der Waals surface area contributed by atoms with Gasteiger partial charge in [0, 0.05) is 19.8 Å². The number of hydrogen-bond donors (Lipinski definition) is 14. The monoisotopic (exact) mass is 1340 g/mol. The number of ether oxygens (including phenoxy) is 6. The van der Waals surface area contributed by atoms with Gasteiger partial charge in [-0.25, -0.2) is 4.79 Å². The Hall–Kier alpha value is -3.05. The van der Waals surface area contributed by atoms with Crippen molar-refractivity contribution in [3.8, 4) is 0 Å². The van der Waals surface area contributed by atoms with Gasteiger partial charge in [0.25, 0.3) is 5.79 Å². The molecule has 23 nitrogen and oxygen atoms in total. The largest absolute Gasteiger partial charge is 0.477 e. The summed E-state index contributed by atoms with van der Waals surface area (Å²) in [5, 5.41) is 136. The molecule has 0 saturated carbocycles. The molecule has 3 fully saturated rings. The van der Waals surface area contributed by atoms with E-state index in [1.165, 1.54) is 148 Å². The molecule has 18 unspecified atom stereocenters. The van der Waals surface area contributed by atoms with Gasteiger partial charge in [-0.3, -0.25) is 9.59 Å². The molecule has 14 N–H and O–H groups in total. The number of aliphatic hydroxyl groups is 11. The van der Waals surface area contributed by atoms with Crippen molar-refractivity contribution < 1.29 is 104 Å². The number of carboxylic acids is 1. The first kappa shape index (κ1) is 85.2. The van der Waals surface area contributed by atoms with Gasteiger partial charge in [-0.1, -0.05) is 224 Å². The highest BCUT2D eigenvalue weighted by Gasteiger charge is 2.60. The summed E-state index contributed by atoms with van der Waals surface area (Å²) in [4.78, 5) is 38.5. The van der Waals surface area contributed by atoms with E-state index in [2.05, 4.69) is 48.8 Å². The van der Waals surface area contributed by atoms with Crippen molar-refractivity contribution in [1.82, 2.24) is 10.6 Å². The Bertz CT molecular complexity index is 2040. The van der Waals surface area contributed by atoms with Gasteiger partial charge in [0.2, 0.25) is 11.8 Å². The molecule has 0 aromatic carbocycles. The average Bonchev–Trinajstić information content (AvgIpc) is 0.760. The lowest BCUT2D eigenvalue weighted by Gasteiger charge is -2.50. The molecular weight excluding hydrogens is 1220 g/mol. The summed E-state index contributed by atoms with van der Waals surface area (Å²) in [6, 6.07) is -2.62. The molecule has 2 amide bonds. The van der Waals surface area contributed by atoms with Crippen molar-refractivity contribution in [3.63, 3.8) is 0 Å². The first-order valence-electron chi connectivity index (χ1n) is 36.4. The minimum absolute atomic E-state index is 0.200. The molecule has 0 spiro atoms. The molecule has 3 heterocycles. The van der Waals surface area contributed by atoms with Crippen LogP contribution in [0.5, 0.6) is 0 Å². The minimum atomic E-state index is -3.08. The maximum absolute atomic E-state index is 13.4. The molecule has 0 aromatic rings. The lowest BCUT2D eigenvalue weighted by atomic mass is 9.88. The van der Waals surface area contributed by atoms with Gasteiger partial charge in [-0.2, -0.15) is 0 Å². The molecule has 0 bridgehead atoms. The highest BCUT2D eigenvalue weighted by atomic mass is 16.8. The van der Waals surface area contributed by atoms with Crippen LogP contribution in [0.2, 0.25) is 0 Å². The number of carboxylic acid groups (broad SMARTS) is 1. The zero-order chi connectivity index (χ0) is 68.9. The van der Waals surface area contributed by atoms with Crippen LogP contribution >= 0.6 is 0 Å². The van der Waals surface area contributed by atoms with Gasteiger partial charge in [-0.15, -0.1) is 0 Å². The van der Waals surface area contributed by atoms with E-state index < -0.39 is 155 Å². The number of carbonyl (C=O) groups is 3. The Morgan fingerprint density at radius 1 is 0.564 bits per heavy atom. The van der Waals surface area contributed by atoms with Gasteiger partial charge in [-0.05, 0) is 51.4 Å². The van der Waals surface area contributed by atoms with Crippen molar-refractivity contribution in [3.05, 3.63) is 36.5 Å². The number of nitrogens with one attached hydrogen (secondary N) is 2. The molecule has 18 atom stereocenters. The normalized spacial score (nSPS) is 28.1. The van der Waals surface area contributed by atoms with Crippen LogP contribution in [0, 0.1) is 0 Å². The summed E-state index contributed by atoms with van der Waals surface area (Å²) in [5.74, 6) is -6.15. The molecule has 3 aliphatic rings. The zero-order valence-electron chi connectivity index (χ0n) is 57.3. The van der Waals surface area contributed by atoms with Crippen LogP contribution in [-0.4, -0.2) is 215 Å². The van der Waals surface area contributed by atoms with E-state index >= 15 is 0 Å². The summed E-state index contributed by atoms with van der Waals surface area (Å²) in [7, 11) is 0. The molecule has 0 radical (unpaired) electrons. The molecule has 0 aliphatic carbocycles. The predicted octanol–water partition coefficient (Wildman–Crippen LogP) is 7.40. The number of aliphatic hydroxyl groups excluding tert-OH is 11. The van der Waals surface area contributed by atoms with Crippen molar-refractivity contribution in [1.29, 1.82) is 0 Å². The number of rotatable bonds is 55. The van der Waals surface area contributed by atoms with Gasteiger partial charge >= 0.3 is 5.97 Å². The Kier molecular flexibility index (Phi) is 46.4. The third-order valence-electron chi connectivity index (χ3n) is 18.3. The third kappa shape index (κ3) is 32.7. The van der Waals surface area contributed by atoms with E-state index in [1.54, 1.807) is 6.08 Å². The number of carbonyl (C=O) groups excluding carboxylic acids is 2. The summed E-state index contributed by atoms with van der Waals surface area (Å²) in [6.45, 7) is 2.09. The molecular formula is C71H128N2O21. The topological polar surface area (TPSA) is 373 Å². The molecule has 548 valence electrons. The Morgan fingerprint density at radius 2 is 1.03 bits per heavy atom. The number of aliphatic carboxylic acids is 1. The highest BCUT2D eigenvalue weighted by Crippen LogP contribution is 2.39. The van der Waals surface area contributed by atoms with Gasteiger partial charge in [0.05, 0.1) is 50.7 Å². The SMILES string of the molecule is CCCCCCCCC/C=C/C(O)C(COC1OC(CO)C(OC2OC(CO)C(O)C(OC3(C(=O)O)CC(O)C(NC(C)=O)C(C(O)C(O)CO)O3)C2O)C(O)C1O)NC(=O)CCCCCCCCCCCCCCCCC/C=C\C/C=C\CCCCCCCCCCC. The van der Waals surface area contributed by atoms with Crippen LogP contribution < -0.4 is 10.6 Å². The predicted molar refractivity (Wildman–Crippen MR) is 357 cm³/mol. The van der Waals surface area contributed by atoms with Crippen LogP contribution in [-0.2, 0) is 42.8 Å². The molecule has 3 aliphatic heterocycles. The number of amides is 2. The number of allylic oxidation sites excluding steroid dienone is 5. The van der Waals surface area contributed by atoms with Crippen LogP contribution in [0.3, 0.4) is 0 Å². The van der Waals surface area contributed by atoms with Gasteiger partial charge < -0.3 is 100 Å². The van der Waals surface area contributed by atoms with Crippen LogP contribution in [0.4, 0.5) is 0 Å². The molecule has 0 aromatic heterocycles. The van der Waals surface area contributed by atoms with E-state index in [0.29, 0.717) is 12.8 Å². The second-order valence-corrected chi connectivity index (χ2v) is 26.4. The Labute approximate surface area is 561 Å². The maximum Gasteiger partial charge on any atom is 0.364 e. The van der Waals surface area contributed by atoms with Crippen LogP contribution in [0.15, 0.2) is 36.5 Å².